The van der Waals surface area contributed by atoms with Crippen LogP contribution in [0.4, 0.5) is 4.39 Å². The normalized spacial score (nSPS) is 10.4. The number of methoxy groups -OCH3 is 1. The van der Waals surface area contributed by atoms with Crippen molar-refractivity contribution in [1.82, 2.24) is 15.6 Å². The van der Waals surface area contributed by atoms with Crippen molar-refractivity contribution in [3.05, 3.63) is 65.2 Å². The molecule has 0 fully saturated rings. The third-order valence-electron chi connectivity index (χ3n) is 3.71. The summed E-state index contributed by atoms with van der Waals surface area (Å²) in [6, 6.07) is 7.91. The second-order valence-corrected chi connectivity index (χ2v) is 5.66. The Morgan fingerprint density at radius 1 is 1.08 bits per heavy atom. The van der Waals surface area contributed by atoms with Gasteiger partial charge in [-0.15, -0.1) is 0 Å². The zero-order valence-corrected chi connectivity index (χ0v) is 14.6. The number of hydrogen-bond donors (Lipinski definition) is 2. The van der Waals surface area contributed by atoms with Gasteiger partial charge in [0.25, 0.3) is 11.8 Å². The summed E-state index contributed by atoms with van der Waals surface area (Å²) in [5.74, 6) is -0.951. The van der Waals surface area contributed by atoms with Crippen LogP contribution in [-0.4, -0.2) is 43.6 Å². The zero-order chi connectivity index (χ0) is 18.8. The standard InChI is InChI=1S/C19H22FN3O3/c1-26-10-4-8-22-18(24)15-11-16(13-21-12-15)19(25)23-9-7-14-5-2-3-6-17(14)20/h2-3,5-6,11-13H,4,7-10H2,1H3,(H,22,24)(H,23,25). The number of carbonyl (C=O) groups excluding carboxylic acids is 2. The fourth-order valence-corrected chi connectivity index (χ4v) is 2.32. The summed E-state index contributed by atoms with van der Waals surface area (Å²) in [4.78, 5) is 28.2. The van der Waals surface area contributed by atoms with E-state index in [2.05, 4.69) is 15.6 Å². The fraction of sp³-hybridized carbons (Fsp3) is 0.316. The molecule has 0 aliphatic carbocycles. The van der Waals surface area contributed by atoms with Gasteiger partial charge in [0.2, 0.25) is 0 Å². The van der Waals surface area contributed by atoms with Gasteiger partial charge in [0, 0.05) is 39.2 Å². The smallest absolute Gasteiger partial charge is 0.252 e. The van der Waals surface area contributed by atoms with Crippen molar-refractivity contribution in [2.24, 2.45) is 0 Å². The van der Waals surface area contributed by atoms with Crippen LogP contribution in [0, 0.1) is 5.82 Å². The van der Waals surface area contributed by atoms with E-state index >= 15 is 0 Å². The third-order valence-corrected chi connectivity index (χ3v) is 3.71. The summed E-state index contributed by atoms with van der Waals surface area (Å²) in [6.07, 6.45) is 3.87. The lowest BCUT2D eigenvalue weighted by molar-refractivity contribution is 0.0948. The van der Waals surface area contributed by atoms with E-state index in [1.165, 1.54) is 24.5 Å². The van der Waals surface area contributed by atoms with Crippen LogP contribution in [0.15, 0.2) is 42.7 Å². The number of pyridine rings is 1. The van der Waals surface area contributed by atoms with Crippen LogP contribution in [0.3, 0.4) is 0 Å². The topological polar surface area (TPSA) is 80.3 Å². The number of nitrogens with one attached hydrogen (secondary N) is 2. The summed E-state index contributed by atoms with van der Waals surface area (Å²) in [5.41, 5.74) is 1.13. The lowest BCUT2D eigenvalue weighted by atomic mass is 10.1. The van der Waals surface area contributed by atoms with Gasteiger partial charge in [0.1, 0.15) is 5.82 Å². The minimum atomic E-state index is -0.358. The molecular weight excluding hydrogens is 337 g/mol. The molecule has 0 unspecified atom stereocenters. The van der Waals surface area contributed by atoms with Crippen molar-refractivity contribution in [2.45, 2.75) is 12.8 Å². The molecule has 0 saturated heterocycles. The molecule has 0 spiro atoms. The molecule has 2 N–H and O–H groups in total. The molecular formula is C19H22FN3O3. The first-order chi connectivity index (χ1) is 12.6. The second kappa shape index (κ2) is 10.2. The van der Waals surface area contributed by atoms with Gasteiger partial charge in [0.15, 0.2) is 0 Å². The van der Waals surface area contributed by atoms with Crippen LogP contribution in [0.25, 0.3) is 0 Å². The zero-order valence-electron chi connectivity index (χ0n) is 14.6. The first kappa shape index (κ1) is 19.5. The minimum Gasteiger partial charge on any atom is -0.385 e. The van der Waals surface area contributed by atoms with Gasteiger partial charge in [-0.1, -0.05) is 18.2 Å². The van der Waals surface area contributed by atoms with E-state index in [1.807, 2.05) is 0 Å². The van der Waals surface area contributed by atoms with Crippen LogP contribution in [0.5, 0.6) is 0 Å². The summed E-state index contributed by atoms with van der Waals surface area (Å²) >= 11 is 0. The highest BCUT2D eigenvalue weighted by atomic mass is 19.1. The fourth-order valence-electron chi connectivity index (χ4n) is 2.32. The average Bonchev–Trinajstić information content (AvgIpc) is 2.66. The molecule has 2 rings (SSSR count). The molecule has 1 heterocycles. The highest BCUT2D eigenvalue weighted by Gasteiger charge is 2.11. The van der Waals surface area contributed by atoms with Gasteiger partial charge in [-0.05, 0) is 30.5 Å². The number of halogens is 1. The lowest BCUT2D eigenvalue weighted by Crippen LogP contribution is -2.28. The maximum Gasteiger partial charge on any atom is 0.252 e. The molecule has 26 heavy (non-hydrogen) atoms. The number of ether oxygens (including phenoxy) is 1. The van der Waals surface area contributed by atoms with E-state index in [0.29, 0.717) is 37.1 Å². The Kier molecular flexibility index (Phi) is 7.70. The number of benzene rings is 1. The van der Waals surface area contributed by atoms with Crippen LogP contribution in [0.1, 0.15) is 32.7 Å². The summed E-state index contributed by atoms with van der Waals surface area (Å²) in [6.45, 7) is 1.32. The van der Waals surface area contributed by atoms with Gasteiger partial charge in [0.05, 0.1) is 11.1 Å². The van der Waals surface area contributed by atoms with Gasteiger partial charge in [-0.3, -0.25) is 14.6 Å². The molecule has 7 heteroatoms. The monoisotopic (exact) mass is 359 g/mol. The Morgan fingerprint density at radius 3 is 2.38 bits per heavy atom. The maximum atomic E-state index is 13.6. The Balaban J connectivity index is 1.87. The Hall–Kier alpha value is -2.80. The van der Waals surface area contributed by atoms with E-state index < -0.39 is 0 Å². The van der Waals surface area contributed by atoms with Crippen molar-refractivity contribution >= 4 is 11.8 Å². The van der Waals surface area contributed by atoms with Gasteiger partial charge in [-0.25, -0.2) is 4.39 Å². The number of carbonyl (C=O) groups is 2. The Labute approximate surface area is 151 Å². The van der Waals surface area contributed by atoms with E-state index in [4.69, 9.17) is 4.74 Å². The highest BCUT2D eigenvalue weighted by Crippen LogP contribution is 2.07. The summed E-state index contributed by atoms with van der Waals surface area (Å²) < 4.78 is 18.5. The Morgan fingerprint density at radius 2 is 1.73 bits per heavy atom. The van der Waals surface area contributed by atoms with E-state index in [1.54, 1.807) is 25.3 Å². The molecule has 138 valence electrons. The van der Waals surface area contributed by atoms with E-state index in [-0.39, 0.29) is 29.7 Å². The number of nitrogens with zero attached hydrogens (tertiary/aromatic N) is 1. The molecule has 2 amide bonds. The molecule has 1 aromatic carbocycles. The molecule has 0 aliphatic heterocycles. The number of hydrogen-bond acceptors (Lipinski definition) is 4. The van der Waals surface area contributed by atoms with Crippen LogP contribution in [-0.2, 0) is 11.2 Å². The molecule has 0 bridgehead atoms. The molecule has 2 aromatic rings. The summed E-state index contributed by atoms with van der Waals surface area (Å²) in [7, 11) is 1.60. The predicted molar refractivity (Wildman–Crippen MR) is 95.5 cm³/mol. The molecule has 1 aromatic heterocycles. The molecule has 0 aliphatic rings. The highest BCUT2D eigenvalue weighted by molar-refractivity contribution is 5.99. The van der Waals surface area contributed by atoms with Gasteiger partial charge >= 0.3 is 0 Å². The SMILES string of the molecule is COCCCNC(=O)c1cncc(C(=O)NCCc2ccccc2F)c1. The van der Waals surface area contributed by atoms with Crippen LogP contribution >= 0.6 is 0 Å². The molecule has 6 nitrogen and oxygen atoms in total. The number of rotatable bonds is 9. The predicted octanol–water partition coefficient (Wildman–Crippen LogP) is 1.96. The van der Waals surface area contributed by atoms with Gasteiger partial charge in [-0.2, -0.15) is 0 Å². The minimum absolute atomic E-state index is 0.281. The molecule has 0 atom stereocenters. The average molecular weight is 359 g/mol. The first-order valence-corrected chi connectivity index (χ1v) is 8.35. The second-order valence-electron chi connectivity index (χ2n) is 5.66. The van der Waals surface area contributed by atoms with Crippen molar-refractivity contribution in [2.75, 3.05) is 26.8 Å². The third kappa shape index (κ3) is 5.93. The van der Waals surface area contributed by atoms with E-state index in [9.17, 15) is 14.0 Å². The molecule has 0 radical (unpaired) electrons. The first-order valence-electron chi connectivity index (χ1n) is 8.35. The lowest BCUT2D eigenvalue weighted by Gasteiger charge is -2.08. The van der Waals surface area contributed by atoms with E-state index in [0.717, 1.165) is 0 Å². The number of aromatic nitrogens is 1. The largest absolute Gasteiger partial charge is 0.385 e. The van der Waals surface area contributed by atoms with Crippen molar-refractivity contribution < 1.29 is 18.7 Å². The van der Waals surface area contributed by atoms with Crippen molar-refractivity contribution in [3.63, 3.8) is 0 Å². The quantitative estimate of drug-likeness (QED) is 0.671. The van der Waals surface area contributed by atoms with Crippen molar-refractivity contribution in [3.8, 4) is 0 Å². The van der Waals surface area contributed by atoms with Gasteiger partial charge < -0.3 is 15.4 Å². The Bertz CT molecular complexity index is 752. The summed E-state index contributed by atoms with van der Waals surface area (Å²) in [5, 5.41) is 5.45. The maximum absolute atomic E-state index is 13.6. The van der Waals surface area contributed by atoms with Crippen molar-refractivity contribution in [1.29, 1.82) is 0 Å². The van der Waals surface area contributed by atoms with Crippen LogP contribution < -0.4 is 10.6 Å². The molecule has 0 saturated carbocycles. The number of amides is 2. The van der Waals surface area contributed by atoms with Crippen LogP contribution in [0.2, 0.25) is 0 Å².